The van der Waals surface area contributed by atoms with Crippen LogP contribution in [0.1, 0.15) is 71.8 Å². The second kappa shape index (κ2) is 18.1. The summed E-state index contributed by atoms with van der Waals surface area (Å²) in [7, 11) is -7.58. The van der Waals surface area contributed by atoms with Crippen LogP contribution < -0.4 is 19.5 Å². The van der Waals surface area contributed by atoms with Gasteiger partial charge in [0.15, 0.2) is 0 Å². The van der Waals surface area contributed by atoms with Gasteiger partial charge in [0.05, 0.1) is 21.2 Å². The van der Waals surface area contributed by atoms with Gasteiger partial charge in [-0.1, -0.05) is 108 Å². The Labute approximate surface area is 318 Å². The lowest BCUT2D eigenvalue weighted by atomic mass is 9.86. The monoisotopic (exact) mass is 782 g/mol. The highest BCUT2D eigenvalue weighted by Gasteiger charge is 2.51. The largest absolute Gasteiger partial charge is 0.489 e. The number of amides is 1. The van der Waals surface area contributed by atoms with Crippen molar-refractivity contribution in [2.45, 2.75) is 87.7 Å². The van der Waals surface area contributed by atoms with Gasteiger partial charge >= 0.3 is 5.06 Å². The molecule has 0 heterocycles. The van der Waals surface area contributed by atoms with Gasteiger partial charge in [-0.3, -0.25) is 14.3 Å². The molecule has 13 heteroatoms. The Morgan fingerprint density at radius 3 is 1.87 bits per heavy atom. The molecule has 0 aliphatic heterocycles. The summed E-state index contributed by atoms with van der Waals surface area (Å²) in [6.07, 6.45) is 5.63. The van der Waals surface area contributed by atoms with Crippen molar-refractivity contribution in [2.75, 3.05) is 15.8 Å². The number of hydrogen-bond donors (Lipinski definition) is 2. The normalized spacial score (nSPS) is 13.1. The maximum absolute atomic E-state index is 13.7. The molecule has 1 atom stereocenters. The summed E-state index contributed by atoms with van der Waals surface area (Å²) in [5, 5.41) is 0.00806. The van der Waals surface area contributed by atoms with Gasteiger partial charge in [-0.05, 0) is 78.7 Å². The third-order valence-corrected chi connectivity index (χ3v) is 11.8. The average Bonchev–Trinajstić information content (AvgIpc) is 3.12. The van der Waals surface area contributed by atoms with Crippen LogP contribution in [0.5, 0.6) is 11.5 Å². The first-order valence-corrected chi connectivity index (χ1v) is 21.0. The van der Waals surface area contributed by atoms with Gasteiger partial charge in [-0.15, -0.1) is 0 Å². The average molecular weight is 783 g/mol. The first-order valence-electron chi connectivity index (χ1n) is 17.5. The lowest BCUT2D eigenvalue weighted by Crippen LogP contribution is -2.54. The number of carbonyl (C=O) groups is 2. The number of anilines is 2. The summed E-state index contributed by atoms with van der Waals surface area (Å²) in [5.74, 6) is -1.34. The molecule has 0 saturated heterocycles. The molecule has 10 nitrogen and oxygen atoms in total. The molecule has 4 aromatic carbocycles. The maximum atomic E-state index is 13.7. The minimum atomic E-state index is -3.95. The molecule has 4 rings (SSSR count). The Morgan fingerprint density at radius 2 is 1.26 bits per heavy atom. The highest BCUT2D eigenvalue weighted by atomic mass is 35.5. The first-order chi connectivity index (χ1) is 25.0. The predicted octanol–water partition coefficient (Wildman–Crippen LogP) is 8.77. The van der Waals surface area contributed by atoms with Gasteiger partial charge in [0.2, 0.25) is 25.6 Å². The fourth-order valence-electron chi connectivity index (χ4n) is 5.29. The van der Waals surface area contributed by atoms with Crippen LogP contribution in [-0.2, 0) is 36.1 Å². The second-order valence-electron chi connectivity index (χ2n) is 13.7. The van der Waals surface area contributed by atoms with E-state index in [2.05, 4.69) is 17.0 Å². The van der Waals surface area contributed by atoms with Crippen molar-refractivity contribution in [1.29, 1.82) is 0 Å². The van der Waals surface area contributed by atoms with Gasteiger partial charge in [0.25, 0.3) is 5.91 Å². The van der Waals surface area contributed by atoms with Crippen molar-refractivity contribution < 1.29 is 35.9 Å². The number of sulfonamides is 1. The molecule has 0 aliphatic rings. The Balaban J connectivity index is 1.45. The van der Waals surface area contributed by atoms with Crippen LogP contribution in [0.25, 0.3) is 0 Å². The Hall–Kier alpha value is -4.39. The summed E-state index contributed by atoms with van der Waals surface area (Å²) < 4.78 is 66.4. The van der Waals surface area contributed by atoms with E-state index in [4.69, 9.17) is 21.1 Å². The number of Topliss-reactive ketones (excluding diaryl/α,β-unsaturated/α-hetero) is 1. The van der Waals surface area contributed by atoms with Gasteiger partial charge in [-0.25, -0.2) is 16.8 Å². The van der Waals surface area contributed by atoms with E-state index < -0.39 is 42.0 Å². The topological polar surface area (TPSA) is 145 Å². The van der Waals surface area contributed by atoms with Crippen molar-refractivity contribution >= 4 is 54.5 Å². The fraction of sp³-hybridized carbons (Fsp3) is 0.350. The van der Waals surface area contributed by atoms with Crippen LogP contribution in [0.3, 0.4) is 0 Å². The quantitative estimate of drug-likeness (QED) is 0.0546. The summed E-state index contributed by atoms with van der Waals surface area (Å²) in [5.41, 5.74) is 0.238. The van der Waals surface area contributed by atoms with Gasteiger partial charge in [0.1, 0.15) is 18.1 Å². The van der Waals surface area contributed by atoms with Crippen LogP contribution in [0.15, 0.2) is 113 Å². The van der Waals surface area contributed by atoms with Crippen LogP contribution >= 0.6 is 11.6 Å². The predicted molar refractivity (Wildman–Crippen MR) is 209 cm³/mol. The van der Waals surface area contributed by atoms with E-state index in [0.29, 0.717) is 18.8 Å². The molecule has 1 unspecified atom stereocenters. The third-order valence-electron chi connectivity index (χ3n) is 8.20. The minimum Gasteiger partial charge on any atom is -0.489 e. The highest BCUT2D eigenvalue weighted by molar-refractivity contribution is 7.92. The van der Waals surface area contributed by atoms with E-state index in [1.54, 1.807) is 45.0 Å². The number of benzene rings is 4. The number of carbonyl (C=O) groups excluding carboxylic acids is 2. The summed E-state index contributed by atoms with van der Waals surface area (Å²) in [4.78, 5) is 27.3. The molecule has 1 amide bonds. The molecule has 284 valence electrons. The summed E-state index contributed by atoms with van der Waals surface area (Å²) in [6.45, 7) is 7.19. The molecule has 0 aromatic heterocycles. The van der Waals surface area contributed by atoms with E-state index in [1.807, 2.05) is 30.3 Å². The van der Waals surface area contributed by atoms with Crippen molar-refractivity contribution in [3.05, 3.63) is 109 Å². The molecule has 0 spiro atoms. The van der Waals surface area contributed by atoms with Crippen molar-refractivity contribution in [2.24, 2.45) is 5.41 Å². The van der Waals surface area contributed by atoms with Gasteiger partial charge in [0, 0.05) is 11.1 Å². The number of alkyl halides is 1. The van der Waals surface area contributed by atoms with E-state index in [0.717, 1.165) is 37.7 Å². The molecule has 0 aliphatic carbocycles. The molecular weight excluding hydrogens is 736 g/mol. The van der Waals surface area contributed by atoms with Crippen molar-refractivity contribution in [1.82, 2.24) is 0 Å². The van der Waals surface area contributed by atoms with Crippen LogP contribution in [0, 0.1) is 5.41 Å². The molecule has 2 N–H and O–H groups in total. The van der Waals surface area contributed by atoms with Crippen molar-refractivity contribution in [3.63, 3.8) is 0 Å². The molecule has 0 bridgehead atoms. The third kappa shape index (κ3) is 11.8. The standard InChI is InChI=1S/C40H47ClN2O8S2/c1-5-6-7-8-9-13-27-52(46,47)43-32-18-14-17-31(28-32)42-38(45)40(41,37(44)39(2,3)4)51-34-21-25-36(26-22-34)53(48,49)35-23-19-33(20-24-35)50-29-30-15-11-10-12-16-30/h10-12,14-26,28,43H,5-9,13,27,29H2,1-4H3,(H,42,45). The maximum Gasteiger partial charge on any atom is 0.320 e. The Morgan fingerprint density at radius 1 is 0.698 bits per heavy atom. The summed E-state index contributed by atoms with van der Waals surface area (Å²) >= 11 is 6.74. The number of hydrogen-bond acceptors (Lipinski definition) is 8. The lowest BCUT2D eigenvalue weighted by molar-refractivity contribution is -0.144. The zero-order valence-electron chi connectivity index (χ0n) is 30.4. The van der Waals surface area contributed by atoms with E-state index in [-0.39, 0.29) is 32.7 Å². The number of rotatable bonds is 19. The fourth-order valence-corrected chi connectivity index (χ4v) is 8.15. The lowest BCUT2D eigenvalue weighted by Gasteiger charge is -2.31. The minimum absolute atomic E-state index is 0.0347. The molecule has 0 fully saturated rings. The Kier molecular flexibility index (Phi) is 14.1. The summed E-state index contributed by atoms with van der Waals surface area (Å²) in [6, 6.07) is 26.9. The van der Waals surface area contributed by atoms with Crippen LogP contribution in [0.4, 0.5) is 11.4 Å². The number of halogens is 1. The van der Waals surface area contributed by atoms with Gasteiger partial charge in [-0.2, -0.15) is 0 Å². The number of nitrogens with one attached hydrogen (secondary N) is 2. The molecule has 0 saturated carbocycles. The number of unbranched alkanes of at least 4 members (excludes halogenated alkanes) is 5. The zero-order chi connectivity index (χ0) is 38.7. The molecule has 4 aromatic rings. The van der Waals surface area contributed by atoms with Gasteiger partial charge < -0.3 is 14.8 Å². The van der Waals surface area contributed by atoms with Crippen LogP contribution in [-0.4, -0.2) is 39.3 Å². The van der Waals surface area contributed by atoms with Crippen molar-refractivity contribution in [3.8, 4) is 11.5 Å². The molecule has 0 radical (unpaired) electrons. The highest BCUT2D eigenvalue weighted by Crippen LogP contribution is 2.34. The number of ketones is 1. The number of sulfone groups is 1. The van der Waals surface area contributed by atoms with E-state index in [9.17, 15) is 26.4 Å². The smallest absolute Gasteiger partial charge is 0.320 e. The molecular formula is C40H47ClN2O8S2. The number of ether oxygens (including phenoxy) is 2. The van der Waals surface area contributed by atoms with E-state index >= 15 is 0 Å². The molecule has 53 heavy (non-hydrogen) atoms. The first kappa shape index (κ1) is 41.4. The van der Waals surface area contributed by atoms with Crippen LogP contribution in [0.2, 0.25) is 0 Å². The zero-order valence-corrected chi connectivity index (χ0v) is 32.8. The van der Waals surface area contributed by atoms with E-state index in [1.165, 1.54) is 48.5 Å². The SMILES string of the molecule is CCCCCCCCS(=O)(=O)Nc1cccc(NC(=O)C(Cl)(Oc2ccc(S(=O)(=O)c3ccc(OCc4ccccc4)cc3)cc2)C(=O)C(C)(C)C)c1. The second-order valence-corrected chi connectivity index (χ2v) is 18.0. The Bertz CT molecular complexity index is 2050.